The molecule has 0 spiro atoms. The van der Waals surface area contributed by atoms with Gasteiger partial charge in [-0.15, -0.1) is 0 Å². The summed E-state index contributed by atoms with van der Waals surface area (Å²) in [5.74, 6) is -1.19. The molecule has 164 valence electrons. The third-order valence-electron chi connectivity index (χ3n) is 4.46. The minimum Gasteiger partial charge on any atom is -0.449 e. The number of amides is 2. The lowest BCUT2D eigenvalue weighted by Crippen LogP contribution is -2.44. The number of nitrogens with two attached hydrogens (primary N) is 2. The van der Waals surface area contributed by atoms with E-state index in [1.807, 2.05) is 20.8 Å². The number of hydrogen-bond acceptors (Lipinski definition) is 5. The number of benzene rings is 1. The molecule has 2 amide bonds. The lowest BCUT2D eigenvalue weighted by Gasteiger charge is -2.32. The summed E-state index contributed by atoms with van der Waals surface area (Å²) < 4.78 is 18.3. The molecule has 1 aromatic rings. The molecule has 0 bridgehead atoms. The van der Waals surface area contributed by atoms with E-state index in [1.54, 1.807) is 4.90 Å². The number of halogens is 1. The van der Waals surface area contributed by atoms with Gasteiger partial charge in [0.25, 0.3) is 5.91 Å². The Balaban J connectivity index is 1.92. The van der Waals surface area contributed by atoms with Gasteiger partial charge in [-0.25, -0.2) is 14.2 Å². The summed E-state index contributed by atoms with van der Waals surface area (Å²) in [4.78, 5) is 29.7. The summed E-state index contributed by atoms with van der Waals surface area (Å²) in [5.41, 5.74) is 11.7. The Morgan fingerprint density at radius 1 is 1.23 bits per heavy atom. The van der Waals surface area contributed by atoms with Gasteiger partial charge in [-0.1, -0.05) is 20.8 Å². The summed E-state index contributed by atoms with van der Waals surface area (Å²) >= 11 is 0. The molecule has 30 heavy (non-hydrogen) atoms. The highest BCUT2D eigenvalue weighted by Crippen LogP contribution is 2.17. The van der Waals surface area contributed by atoms with Gasteiger partial charge in [0, 0.05) is 25.3 Å². The molecule has 1 aliphatic rings. The fraction of sp³-hybridized carbons (Fsp3) is 0.476. The molecule has 5 N–H and O–H groups in total. The second-order valence-corrected chi connectivity index (χ2v) is 8.44. The van der Waals surface area contributed by atoms with Gasteiger partial charge in [0.2, 0.25) is 0 Å². The summed E-state index contributed by atoms with van der Waals surface area (Å²) in [6, 6.07) is 5.44. The zero-order valence-corrected chi connectivity index (χ0v) is 17.7. The van der Waals surface area contributed by atoms with Crippen LogP contribution in [0.1, 0.15) is 33.6 Å². The number of rotatable bonds is 6. The van der Waals surface area contributed by atoms with Crippen molar-refractivity contribution >= 4 is 23.5 Å². The first kappa shape index (κ1) is 23.2. The maximum Gasteiger partial charge on any atom is 0.409 e. The Labute approximate surface area is 176 Å². The van der Waals surface area contributed by atoms with E-state index in [4.69, 9.17) is 16.2 Å². The van der Waals surface area contributed by atoms with Crippen LogP contribution in [0.25, 0.3) is 0 Å². The molecule has 0 saturated carbocycles. The van der Waals surface area contributed by atoms with Gasteiger partial charge in [0.1, 0.15) is 11.7 Å². The first-order chi connectivity index (χ1) is 14.0. The van der Waals surface area contributed by atoms with Crippen LogP contribution in [0.2, 0.25) is 0 Å². The molecule has 1 fully saturated rings. The highest BCUT2D eigenvalue weighted by molar-refractivity contribution is 6.20. The van der Waals surface area contributed by atoms with E-state index in [9.17, 15) is 14.0 Å². The number of hydrogen-bond donors (Lipinski definition) is 3. The highest BCUT2D eigenvalue weighted by Gasteiger charge is 2.25. The summed E-state index contributed by atoms with van der Waals surface area (Å²) in [6.45, 7) is 7.46. The Morgan fingerprint density at radius 2 is 1.83 bits per heavy atom. The topological polar surface area (TPSA) is 123 Å². The number of piperidine rings is 1. The van der Waals surface area contributed by atoms with Crippen LogP contribution in [0.3, 0.4) is 0 Å². The predicted octanol–water partition coefficient (Wildman–Crippen LogP) is 2.42. The van der Waals surface area contributed by atoms with Crippen LogP contribution in [0.5, 0.6) is 0 Å². The largest absolute Gasteiger partial charge is 0.449 e. The van der Waals surface area contributed by atoms with E-state index in [0.29, 0.717) is 38.2 Å². The molecule has 1 heterocycles. The molecule has 0 aromatic heterocycles. The van der Waals surface area contributed by atoms with Crippen molar-refractivity contribution in [2.24, 2.45) is 21.9 Å². The molecular formula is C21H30FN5O3. The molecule has 0 aliphatic carbocycles. The van der Waals surface area contributed by atoms with E-state index >= 15 is 0 Å². The van der Waals surface area contributed by atoms with E-state index in [0.717, 1.165) is 0 Å². The van der Waals surface area contributed by atoms with Crippen LogP contribution >= 0.6 is 0 Å². The van der Waals surface area contributed by atoms with Crippen molar-refractivity contribution < 1.29 is 18.7 Å². The third kappa shape index (κ3) is 7.38. The maximum atomic E-state index is 13.0. The lowest BCUT2D eigenvalue weighted by molar-refractivity contribution is -0.114. The van der Waals surface area contributed by atoms with Gasteiger partial charge in [-0.3, -0.25) is 4.79 Å². The number of primary amides is 1. The third-order valence-corrected chi connectivity index (χ3v) is 4.46. The van der Waals surface area contributed by atoms with Crippen molar-refractivity contribution in [3.05, 3.63) is 41.9 Å². The molecule has 8 nitrogen and oxygen atoms in total. The monoisotopic (exact) mass is 419 g/mol. The van der Waals surface area contributed by atoms with Gasteiger partial charge in [0.05, 0.1) is 17.9 Å². The van der Waals surface area contributed by atoms with E-state index in [-0.39, 0.29) is 29.0 Å². The Bertz CT molecular complexity index is 807. The van der Waals surface area contributed by atoms with Crippen molar-refractivity contribution in [2.45, 2.75) is 39.7 Å². The quantitative estimate of drug-likeness (QED) is 0.371. The van der Waals surface area contributed by atoms with E-state index in [2.05, 4.69) is 10.3 Å². The first-order valence-corrected chi connectivity index (χ1v) is 9.83. The number of aliphatic imine (C=N–C) groups is 1. The van der Waals surface area contributed by atoms with Crippen molar-refractivity contribution in [2.75, 3.05) is 19.7 Å². The second kappa shape index (κ2) is 10.1. The number of likely N-dealkylation sites (tertiary alicyclic amines) is 1. The smallest absolute Gasteiger partial charge is 0.409 e. The van der Waals surface area contributed by atoms with Crippen molar-refractivity contribution in [3.8, 4) is 0 Å². The molecule has 1 aliphatic heterocycles. The second-order valence-electron chi connectivity index (χ2n) is 8.44. The molecule has 0 radical (unpaired) electrons. The van der Waals surface area contributed by atoms with Crippen LogP contribution in [0, 0.1) is 11.2 Å². The summed E-state index contributed by atoms with van der Waals surface area (Å²) in [7, 11) is 0. The average molecular weight is 420 g/mol. The molecule has 1 saturated heterocycles. The molecule has 2 rings (SSSR count). The van der Waals surface area contributed by atoms with Crippen LogP contribution in [-0.2, 0) is 9.53 Å². The van der Waals surface area contributed by atoms with Crippen molar-refractivity contribution in [3.63, 3.8) is 0 Å². The molecule has 1 aromatic carbocycles. The minimum absolute atomic E-state index is 0.0336. The first-order valence-electron chi connectivity index (χ1n) is 9.83. The van der Waals surface area contributed by atoms with Crippen LogP contribution in [0.15, 0.2) is 41.0 Å². The van der Waals surface area contributed by atoms with E-state index < -0.39 is 11.7 Å². The SMILES string of the molecule is CC(C)(C)COC(=O)N1CCC(N/C=C(/C(N)=O)C(N)=Nc2ccc(F)cc2)CC1. The fourth-order valence-corrected chi connectivity index (χ4v) is 2.79. The standard InChI is InChI=1S/C21H30FN5O3/c1-21(2,3)13-30-20(29)27-10-8-15(9-11-27)25-12-17(19(24)28)18(23)26-16-6-4-14(22)5-7-16/h4-7,12,15,25H,8-11,13H2,1-3H3,(H2,23,26)(H2,24,28)/b17-12+. The van der Waals surface area contributed by atoms with Crippen LogP contribution < -0.4 is 16.8 Å². The van der Waals surface area contributed by atoms with E-state index in [1.165, 1.54) is 30.5 Å². The maximum absolute atomic E-state index is 13.0. The zero-order valence-electron chi connectivity index (χ0n) is 17.7. The Morgan fingerprint density at radius 3 is 2.37 bits per heavy atom. The number of carbonyl (C=O) groups excluding carboxylic acids is 2. The lowest BCUT2D eigenvalue weighted by atomic mass is 9.99. The number of nitrogens with one attached hydrogen (secondary N) is 1. The summed E-state index contributed by atoms with van der Waals surface area (Å²) in [5, 5.41) is 3.13. The zero-order chi connectivity index (χ0) is 22.3. The van der Waals surface area contributed by atoms with Gasteiger partial charge in [0.15, 0.2) is 0 Å². The predicted molar refractivity (Wildman–Crippen MR) is 113 cm³/mol. The Hall–Kier alpha value is -3.10. The van der Waals surface area contributed by atoms with Crippen LogP contribution in [-0.4, -0.2) is 48.5 Å². The molecule has 9 heteroatoms. The number of ether oxygens (including phenoxy) is 1. The van der Waals surface area contributed by atoms with Gasteiger partial charge >= 0.3 is 6.09 Å². The van der Waals surface area contributed by atoms with Crippen LogP contribution in [0.4, 0.5) is 14.9 Å². The van der Waals surface area contributed by atoms with Crippen molar-refractivity contribution in [1.29, 1.82) is 0 Å². The molecular weight excluding hydrogens is 389 g/mol. The van der Waals surface area contributed by atoms with Crippen molar-refractivity contribution in [1.82, 2.24) is 10.2 Å². The number of amidine groups is 1. The highest BCUT2D eigenvalue weighted by atomic mass is 19.1. The normalized spacial score (nSPS) is 16.3. The van der Waals surface area contributed by atoms with Gasteiger partial charge in [-0.2, -0.15) is 0 Å². The van der Waals surface area contributed by atoms with Gasteiger partial charge < -0.3 is 26.4 Å². The fourth-order valence-electron chi connectivity index (χ4n) is 2.79. The minimum atomic E-state index is -0.728. The molecule has 0 unspecified atom stereocenters. The summed E-state index contributed by atoms with van der Waals surface area (Å²) in [6.07, 6.45) is 2.50. The van der Waals surface area contributed by atoms with Gasteiger partial charge in [-0.05, 0) is 42.5 Å². The number of carbonyl (C=O) groups is 2. The Kier molecular flexibility index (Phi) is 7.79. The number of nitrogens with zero attached hydrogens (tertiary/aromatic N) is 2. The molecule has 0 atom stereocenters. The average Bonchev–Trinajstić information content (AvgIpc) is 2.67.